The molecule has 1 amide bonds. The van der Waals surface area contributed by atoms with Gasteiger partial charge in [-0.2, -0.15) is 4.98 Å². The Kier molecular flexibility index (Phi) is 5.62. The molecule has 0 spiro atoms. The van der Waals surface area contributed by atoms with E-state index in [0.717, 1.165) is 10.1 Å². The lowest BCUT2D eigenvalue weighted by Gasteiger charge is -2.35. The first-order valence-corrected chi connectivity index (χ1v) is 10.6. The van der Waals surface area contributed by atoms with Crippen molar-refractivity contribution in [3.63, 3.8) is 0 Å². The highest BCUT2D eigenvalue weighted by atomic mass is 35.5. The summed E-state index contributed by atoms with van der Waals surface area (Å²) < 4.78 is 4.31. The molecule has 0 saturated carbocycles. The minimum absolute atomic E-state index is 0.125. The summed E-state index contributed by atoms with van der Waals surface area (Å²) in [4.78, 5) is 46.2. The van der Waals surface area contributed by atoms with Crippen LogP contribution in [-0.2, 0) is 25.4 Å². The number of aromatic nitrogens is 4. The van der Waals surface area contributed by atoms with E-state index >= 15 is 0 Å². The van der Waals surface area contributed by atoms with Gasteiger partial charge in [0.1, 0.15) is 0 Å². The fraction of sp³-hybridized carbons (Fsp3) is 0.429. The second kappa shape index (κ2) is 8.22. The van der Waals surface area contributed by atoms with Crippen molar-refractivity contribution in [1.82, 2.24) is 23.6 Å². The fourth-order valence-corrected chi connectivity index (χ4v) is 4.20. The maximum atomic E-state index is 13.1. The monoisotopic (exact) mass is 444 g/mol. The van der Waals surface area contributed by atoms with Gasteiger partial charge >= 0.3 is 5.69 Å². The number of halogens is 1. The average Bonchev–Trinajstić information content (AvgIpc) is 3.16. The number of anilines is 1. The van der Waals surface area contributed by atoms with Gasteiger partial charge in [0.05, 0.1) is 6.54 Å². The van der Waals surface area contributed by atoms with Gasteiger partial charge in [-0.15, -0.1) is 0 Å². The average molecular weight is 445 g/mol. The Hall–Kier alpha value is -3.07. The van der Waals surface area contributed by atoms with Crippen LogP contribution in [0.1, 0.15) is 18.9 Å². The van der Waals surface area contributed by atoms with Gasteiger partial charge in [-0.1, -0.05) is 36.7 Å². The first kappa shape index (κ1) is 21.2. The Bertz CT molecular complexity index is 1270. The number of imidazole rings is 1. The molecule has 164 valence electrons. The highest BCUT2D eigenvalue weighted by molar-refractivity contribution is 6.31. The summed E-state index contributed by atoms with van der Waals surface area (Å²) >= 11 is 6.40. The van der Waals surface area contributed by atoms with Crippen LogP contribution in [0.15, 0.2) is 33.9 Å². The van der Waals surface area contributed by atoms with Crippen LogP contribution in [0.5, 0.6) is 0 Å². The minimum Gasteiger partial charge on any atom is -0.339 e. The molecule has 0 N–H and O–H groups in total. The van der Waals surface area contributed by atoms with Crippen LogP contribution >= 0.6 is 11.6 Å². The van der Waals surface area contributed by atoms with Gasteiger partial charge in [0, 0.05) is 51.7 Å². The Morgan fingerprint density at radius 2 is 1.74 bits per heavy atom. The summed E-state index contributed by atoms with van der Waals surface area (Å²) in [6.45, 7) is 4.54. The summed E-state index contributed by atoms with van der Waals surface area (Å²) in [5.74, 6) is 0.720. The van der Waals surface area contributed by atoms with Crippen LogP contribution in [0.25, 0.3) is 11.2 Å². The van der Waals surface area contributed by atoms with E-state index in [1.807, 2.05) is 34.6 Å². The quantitative estimate of drug-likeness (QED) is 0.603. The summed E-state index contributed by atoms with van der Waals surface area (Å²) in [7, 11) is 3.07. The summed E-state index contributed by atoms with van der Waals surface area (Å²) in [5.41, 5.74) is 0.711. The second-order valence-electron chi connectivity index (χ2n) is 7.69. The molecule has 2 aromatic heterocycles. The third kappa shape index (κ3) is 3.63. The van der Waals surface area contributed by atoms with Crippen LogP contribution in [0.2, 0.25) is 5.02 Å². The molecule has 3 heterocycles. The van der Waals surface area contributed by atoms with E-state index in [1.54, 1.807) is 13.1 Å². The van der Waals surface area contributed by atoms with Crippen molar-refractivity contribution < 1.29 is 4.79 Å². The molecule has 1 fully saturated rings. The Labute approximate surface area is 184 Å². The van der Waals surface area contributed by atoms with Crippen molar-refractivity contribution in [2.75, 3.05) is 31.1 Å². The van der Waals surface area contributed by atoms with E-state index in [1.165, 1.54) is 11.6 Å². The van der Waals surface area contributed by atoms with Crippen molar-refractivity contribution in [2.45, 2.75) is 19.9 Å². The number of amides is 1. The lowest BCUT2D eigenvalue weighted by molar-refractivity contribution is -0.131. The summed E-state index contributed by atoms with van der Waals surface area (Å²) in [6.07, 6.45) is 0.475. The number of carbonyl (C=O) groups excluding carboxylic acids is 1. The van der Waals surface area contributed by atoms with Gasteiger partial charge in [-0.3, -0.25) is 23.3 Å². The second-order valence-corrected chi connectivity index (χ2v) is 8.10. The van der Waals surface area contributed by atoms with Crippen molar-refractivity contribution in [3.05, 3.63) is 55.7 Å². The highest BCUT2D eigenvalue weighted by Gasteiger charge is 2.27. The molecular formula is C21H25ClN6O3. The number of carbonyl (C=O) groups is 1. The number of fused-ring (bicyclic) bond motifs is 1. The highest BCUT2D eigenvalue weighted by Crippen LogP contribution is 2.25. The van der Waals surface area contributed by atoms with Crippen molar-refractivity contribution >= 4 is 34.6 Å². The molecular weight excluding hydrogens is 420 g/mol. The number of nitrogens with zero attached hydrogens (tertiary/aromatic N) is 6. The summed E-state index contributed by atoms with van der Waals surface area (Å²) in [5, 5.41) is 0.593. The maximum absolute atomic E-state index is 13.1. The van der Waals surface area contributed by atoms with Crippen molar-refractivity contribution in [3.8, 4) is 0 Å². The van der Waals surface area contributed by atoms with Gasteiger partial charge in [-0.25, -0.2) is 4.79 Å². The molecule has 1 aliphatic rings. The first-order valence-electron chi connectivity index (χ1n) is 10.3. The topological polar surface area (TPSA) is 85.4 Å². The molecule has 0 radical (unpaired) electrons. The van der Waals surface area contributed by atoms with Gasteiger partial charge in [0.25, 0.3) is 5.56 Å². The van der Waals surface area contributed by atoms with Gasteiger partial charge in [-0.05, 0) is 11.6 Å². The molecule has 1 aliphatic heterocycles. The smallest absolute Gasteiger partial charge is 0.332 e. The molecule has 9 nitrogen and oxygen atoms in total. The van der Waals surface area contributed by atoms with E-state index < -0.39 is 11.2 Å². The largest absolute Gasteiger partial charge is 0.339 e. The number of benzene rings is 1. The molecule has 0 atom stereocenters. The van der Waals surface area contributed by atoms with E-state index in [4.69, 9.17) is 16.6 Å². The number of hydrogen-bond acceptors (Lipinski definition) is 5. The van der Waals surface area contributed by atoms with Crippen LogP contribution in [0.3, 0.4) is 0 Å². The van der Waals surface area contributed by atoms with E-state index in [9.17, 15) is 14.4 Å². The van der Waals surface area contributed by atoms with E-state index in [2.05, 4.69) is 4.90 Å². The van der Waals surface area contributed by atoms with Gasteiger partial charge < -0.3 is 9.80 Å². The third-order valence-corrected chi connectivity index (χ3v) is 6.20. The van der Waals surface area contributed by atoms with Crippen LogP contribution in [0, 0.1) is 0 Å². The summed E-state index contributed by atoms with van der Waals surface area (Å²) in [6, 6.07) is 7.45. The zero-order valence-corrected chi connectivity index (χ0v) is 18.6. The van der Waals surface area contributed by atoms with Crippen LogP contribution in [0.4, 0.5) is 5.95 Å². The SMILES string of the molecule is CCC(=O)N1CCN(c2nc3c(c(=O)n(C)c(=O)n3C)n2Cc2ccccc2Cl)CC1. The van der Waals surface area contributed by atoms with Crippen molar-refractivity contribution in [1.29, 1.82) is 0 Å². The Balaban J connectivity index is 1.85. The fourth-order valence-electron chi connectivity index (χ4n) is 4.00. The lowest BCUT2D eigenvalue weighted by atomic mass is 10.2. The molecule has 3 aromatic rings. The Morgan fingerprint density at radius 1 is 1.06 bits per heavy atom. The molecule has 4 rings (SSSR count). The molecule has 0 aliphatic carbocycles. The van der Waals surface area contributed by atoms with Gasteiger partial charge in [0.2, 0.25) is 11.9 Å². The van der Waals surface area contributed by atoms with Crippen LogP contribution < -0.4 is 16.1 Å². The number of aryl methyl sites for hydroxylation is 1. The van der Waals surface area contributed by atoms with Gasteiger partial charge in [0.15, 0.2) is 11.2 Å². The van der Waals surface area contributed by atoms with E-state index in [0.29, 0.717) is 61.3 Å². The standard InChI is InChI=1S/C21H25ClN6O3/c1-4-16(29)26-9-11-27(12-10-26)20-23-18-17(19(30)25(3)21(31)24(18)2)28(20)13-14-7-5-6-8-15(14)22/h5-8H,4,9-13H2,1-3H3. The minimum atomic E-state index is -0.426. The molecule has 0 unspecified atom stereocenters. The van der Waals surface area contributed by atoms with E-state index in [-0.39, 0.29) is 5.91 Å². The zero-order chi connectivity index (χ0) is 22.3. The molecule has 1 saturated heterocycles. The molecule has 10 heteroatoms. The first-order chi connectivity index (χ1) is 14.8. The number of piperazine rings is 1. The van der Waals surface area contributed by atoms with Crippen molar-refractivity contribution in [2.24, 2.45) is 14.1 Å². The maximum Gasteiger partial charge on any atom is 0.332 e. The molecule has 31 heavy (non-hydrogen) atoms. The predicted octanol–water partition coefficient (Wildman–Crippen LogP) is 1.19. The third-order valence-electron chi connectivity index (χ3n) is 5.83. The lowest BCUT2D eigenvalue weighted by Crippen LogP contribution is -2.49. The zero-order valence-electron chi connectivity index (χ0n) is 17.8. The molecule has 1 aromatic carbocycles. The Morgan fingerprint density at radius 3 is 2.39 bits per heavy atom. The van der Waals surface area contributed by atoms with Crippen LogP contribution in [-0.4, -0.2) is 55.7 Å². The normalized spacial score (nSPS) is 14.5. The predicted molar refractivity (Wildman–Crippen MR) is 120 cm³/mol. The number of rotatable bonds is 4. The molecule has 0 bridgehead atoms. The number of hydrogen-bond donors (Lipinski definition) is 0.